The summed E-state index contributed by atoms with van der Waals surface area (Å²) in [5.74, 6) is 5.34. The SMILES string of the molecule is c1ccc(-c2nc(-c3ccc4c(c3)C3(c5cc6ccccc6cc5-4)C4CC5CC(C4)CC3C5)nc(-c3ccc4sc5ccccc5c4c3)n2)cc1. The molecule has 8 aromatic rings. The molecule has 3 nitrogen and oxygen atoms in total. The van der Waals surface area contributed by atoms with Gasteiger partial charge >= 0.3 is 0 Å². The average molecular weight is 674 g/mol. The number of thiophene rings is 1. The summed E-state index contributed by atoms with van der Waals surface area (Å²) in [7, 11) is 0. The summed E-state index contributed by atoms with van der Waals surface area (Å²) in [6.45, 7) is 0. The highest BCUT2D eigenvalue weighted by Crippen LogP contribution is 2.69. The lowest BCUT2D eigenvalue weighted by Crippen LogP contribution is -2.55. The largest absolute Gasteiger partial charge is 0.208 e. The van der Waals surface area contributed by atoms with Crippen LogP contribution >= 0.6 is 11.3 Å². The smallest absolute Gasteiger partial charge is 0.164 e. The summed E-state index contributed by atoms with van der Waals surface area (Å²) in [4.78, 5) is 15.7. The van der Waals surface area contributed by atoms with Crippen LogP contribution in [0.25, 0.3) is 76.2 Å². The van der Waals surface area contributed by atoms with Gasteiger partial charge in [-0.25, -0.2) is 15.0 Å². The highest BCUT2D eigenvalue weighted by molar-refractivity contribution is 7.25. The molecule has 0 saturated heterocycles. The summed E-state index contributed by atoms with van der Waals surface area (Å²) >= 11 is 1.84. The summed E-state index contributed by atoms with van der Waals surface area (Å²) in [5.41, 5.74) is 9.13. The van der Waals surface area contributed by atoms with Crippen molar-refractivity contribution in [2.45, 2.75) is 37.5 Å². The molecule has 6 aromatic carbocycles. The average Bonchev–Trinajstić information content (AvgIpc) is 3.68. The predicted molar refractivity (Wildman–Crippen MR) is 210 cm³/mol. The zero-order chi connectivity index (χ0) is 33.3. The number of hydrogen-bond donors (Lipinski definition) is 0. The lowest BCUT2D eigenvalue weighted by molar-refractivity contribution is -0.0398. The van der Waals surface area contributed by atoms with Crippen molar-refractivity contribution in [3.05, 3.63) is 139 Å². The fourth-order valence-corrected chi connectivity index (χ4v) is 12.3. The maximum absolute atomic E-state index is 5.30. The molecular weight excluding hydrogens is 639 g/mol. The summed E-state index contributed by atoms with van der Waals surface area (Å²) in [6.07, 6.45) is 6.88. The van der Waals surface area contributed by atoms with Crippen LogP contribution in [0.4, 0.5) is 0 Å². The maximum Gasteiger partial charge on any atom is 0.164 e. The van der Waals surface area contributed by atoms with Gasteiger partial charge in [0, 0.05) is 42.3 Å². The molecule has 0 atom stereocenters. The molecule has 0 unspecified atom stereocenters. The van der Waals surface area contributed by atoms with Crippen molar-refractivity contribution >= 4 is 42.3 Å². The van der Waals surface area contributed by atoms with E-state index < -0.39 is 0 Å². The Morgan fingerprint density at radius 1 is 0.451 bits per heavy atom. The van der Waals surface area contributed by atoms with Gasteiger partial charge in [-0.2, -0.15) is 0 Å². The molecule has 4 bridgehead atoms. The van der Waals surface area contributed by atoms with Crippen molar-refractivity contribution in [2.24, 2.45) is 23.7 Å². The van der Waals surface area contributed by atoms with Gasteiger partial charge in [0.05, 0.1) is 0 Å². The van der Waals surface area contributed by atoms with Crippen molar-refractivity contribution in [2.75, 3.05) is 0 Å². The van der Waals surface area contributed by atoms with E-state index >= 15 is 0 Å². The fraction of sp³-hybridized carbons (Fsp3) is 0.213. The molecule has 13 rings (SSSR count). The molecule has 5 aliphatic carbocycles. The van der Waals surface area contributed by atoms with Gasteiger partial charge in [-0.05, 0) is 131 Å². The second-order valence-electron chi connectivity index (χ2n) is 15.7. The highest BCUT2D eigenvalue weighted by Gasteiger charge is 2.61. The van der Waals surface area contributed by atoms with E-state index in [1.807, 2.05) is 17.4 Å². The predicted octanol–water partition coefficient (Wildman–Crippen LogP) is 12.1. The van der Waals surface area contributed by atoms with Gasteiger partial charge in [-0.3, -0.25) is 0 Å². The minimum absolute atomic E-state index is 0.0568. The number of hydrogen-bond acceptors (Lipinski definition) is 4. The first-order valence-electron chi connectivity index (χ1n) is 18.6. The molecule has 2 heterocycles. The molecule has 2 aromatic heterocycles. The molecule has 51 heavy (non-hydrogen) atoms. The van der Waals surface area contributed by atoms with Gasteiger partial charge < -0.3 is 0 Å². The topological polar surface area (TPSA) is 38.7 Å². The molecular formula is C47H35N3S. The minimum atomic E-state index is 0.0568. The summed E-state index contributed by atoms with van der Waals surface area (Å²) in [6, 6.07) is 46.9. The van der Waals surface area contributed by atoms with Crippen LogP contribution in [-0.2, 0) is 5.41 Å². The monoisotopic (exact) mass is 673 g/mol. The first kappa shape index (κ1) is 28.5. The Balaban J connectivity index is 1.07. The van der Waals surface area contributed by atoms with Crippen LogP contribution in [0.1, 0.15) is 43.2 Å². The number of benzene rings is 6. The number of fused-ring (bicyclic) bond motifs is 7. The maximum atomic E-state index is 5.30. The summed E-state index contributed by atoms with van der Waals surface area (Å²) < 4.78 is 2.58. The third kappa shape index (κ3) is 4.03. The lowest BCUT2D eigenvalue weighted by Gasteiger charge is -2.61. The molecule has 1 spiro atoms. The van der Waals surface area contributed by atoms with Crippen molar-refractivity contribution in [3.63, 3.8) is 0 Å². The van der Waals surface area contributed by atoms with E-state index in [-0.39, 0.29) is 5.41 Å². The van der Waals surface area contributed by atoms with Crippen LogP contribution in [0.2, 0.25) is 0 Å². The first-order valence-corrected chi connectivity index (χ1v) is 19.4. The van der Waals surface area contributed by atoms with Crippen LogP contribution in [0.5, 0.6) is 0 Å². The normalized spacial score (nSPS) is 24.2. The van der Waals surface area contributed by atoms with E-state index in [1.54, 1.807) is 5.56 Å². The molecule has 0 aliphatic heterocycles. The standard InChI is InChI=1S/C47H35N3S/c1-2-8-29(9-3-1)44-48-45(32-15-17-43-39(24-32)37-12-6-7-13-42(37)51-43)50-46(49-44)33-14-16-36-38-23-30-10-4-5-11-31(30)25-41(38)47(40(36)26-33)34-19-27-18-28(21-34)22-35(47)20-27/h1-17,23-28,34-35H,18-22H2. The Morgan fingerprint density at radius 3 is 1.80 bits per heavy atom. The van der Waals surface area contributed by atoms with Gasteiger partial charge in [0.1, 0.15) is 0 Å². The van der Waals surface area contributed by atoms with E-state index in [0.717, 1.165) is 40.2 Å². The fourth-order valence-electron chi connectivity index (χ4n) is 11.2. The van der Waals surface area contributed by atoms with E-state index in [4.69, 9.17) is 15.0 Å². The number of rotatable bonds is 3. The number of nitrogens with zero attached hydrogens (tertiary/aromatic N) is 3. The van der Waals surface area contributed by atoms with E-state index in [0.29, 0.717) is 17.7 Å². The van der Waals surface area contributed by atoms with Gasteiger partial charge in [-0.1, -0.05) is 84.9 Å². The zero-order valence-electron chi connectivity index (χ0n) is 28.2. The molecule has 4 heteroatoms. The van der Waals surface area contributed by atoms with Crippen LogP contribution in [0.3, 0.4) is 0 Å². The van der Waals surface area contributed by atoms with Crippen LogP contribution in [0, 0.1) is 23.7 Å². The second-order valence-corrected chi connectivity index (χ2v) is 16.7. The highest BCUT2D eigenvalue weighted by atomic mass is 32.1. The van der Waals surface area contributed by atoms with Crippen molar-refractivity contribution in [1.29, 1.82) is 0 Å². The molecule has 0 radical (unpaired) electrons. The van der Waals surface area contributed by atoms with Crippen molar-refractivity contribution in [3.8, 4) is 45.3 Å². The Kier molecular flexibility index (Phi) is 5.83. The summed E-state index contributed by atoms with van der Waals surface area (Å²) in [5, 5.41) is 5.23. The minimum Gasteiger partial charge on any atom is -0.208 e. The van der Waals surface area contributed by atoms with Gasteiger partial charge in [0.15, 0.2) is 17.5 Å². The molecule has 0 amide bonds. The zero-order valence-corrected chi connectivity index (χ0v) is 29.0. The quantitative estimate of drug-likeness (QED) is 0.187. The molecule has 0 N–H and O–H groups in total. The van der Waals surface area contributed by atoms with Gasteiger partial charge in [0.25, 0.3) is 0 Å². The van der Waals surface area contributed by atoms with Gasteiger partial charge in [0.2, 0.25) is 0 Å². The van der Waals surface area contributed by atoms with E-state index in [9.17, 15) is 0 Å². The Labute approximate surface area is 301 Å². The Hall–Kier alpha value is -5.19. The molecule has 4 fully saturated rings. The number of aromatic nitrogens is 3. The third-order valence-electron chi connectivity index (χ3n) is 13.1. The van der Waals surface area contributed by atoms with Crippen LogP contribution in [0.15, 0.2) is 127 Å². The Morgan fingerprint density at radius 2 is 1.04 bits per heavy atom. The van der Waals surface area contributed by atoms with Crippen LogP contribution in [-0.4, -0.2) is 15.0 Å². The molecule has 5 aliphatic rings. The molecule has 244 valence electrons. The van der Waals surface area contributed by atoms with Crippen LogP contribution < -0.4 is 0 Å². The third-order valence-corrected chi connectivity index (χ3v) is 14.2. The first-order chi connectivity index (χ1) is 25.2. The van der Waals surface area contributed by atoms with E-state index in [1.165, 1.54) is 79.7 Å². The van der Waals surface area contributed by atoms with Crippen molar-refractivity contribution in [1.82, 2.24) is 15.0 Å². The second kappa shape index (κ2) is 10.4. The Bertz CT molecular complexity index is 2700. The van der Waals surface area contributed by atoms with Gasteiger partial charge in [-0.15, -0.1) is 11.3 Å². The van der Waals surface area contributed by atoms with E-state index in [2.05, 4.69) is 121 Å². The molecule has 4 saturated carbocycles. The lowest BCUT2D eigenvalue weighted by atomic mass is 9.43. The van der Waals surface area contributed by atoms with Crippen molar-refractivity contribution < 1.29 is 0 Å².